The van der Waals surface area contributed by atoms with Gasteiger partial charge in [-0.1, -0.05) is 18.2 Å². The summed E-state index contributed by atoms with van der Waals surface area (Å²) >= 11 is 1.39. The van der Waals surface area contributed by atoms with Crippen molar-refractivity contribution < 1.29 is 19.1 Å². The Bertz CT molecular complexity index is 1240. The monoisotopic (exact) mass is 490 g/mol. The molecule has 0 bridgehead atoms. The summed E-state index contributed by atoms with van der Waals surface area (Å²) in [6.07, 6.45) is 5.24. The number of carbonyl (C=O) groups is 2. The first kappa shape index (κ1) is 24.2. The van der Waals surface area contributed by atoms with Gasteiger partial charge in [-0.25, -0.2) is 4.79 Å². The van der Waals surface area contributed by atoms with Gasteiger partial charge in [0.25, 0.3) is 0 Å². The Hall–Kier alpha value is -3.90. The predicted octanol–water partition coefficient (Wildman–Crippen LogP) is 4.38. The maximum Gasteiger partial charge on any atom is 0.407 e. The number of thiophene rings is 1. The standard InChI is InChI=1S/C26H26N4O4S/c1-33-19-6-2-4-17(12-19)7-10-24(31)30-25-22(14-27)21-9-8-20(13-23(21)35-25)34-26(32)29-16-18-5-3-11-28-15-18/h2-6,11-12,15,20H,7-10,13,16H2,1H3,(H,29,32)(H,30,31). The number of aryl methyl sites for hydroxylation is 1. The number of hydrogen-bond donors (Lipinski definition) is 2. The zero-order valence-electron chi connectivity index (χ0n) is 19.4. The van der Waals surface area contributed by atoms with Gasteiger partial charge in [-0.05, 0) is 54.2 Å². The molecule has 0 radical (unpaired) electrons. The molecule has 2 heterocycles. The number of amides is 2. The Morgan fingerprint density at radius 3 is 2.89 bits per heavy atom. The largest absolute Gasteiger partial charge is 0.497 e. The van der Waals surface area contributed by atoms with Gasteiger partial charge >= 0.3 is 6.09 Å². The molecule has 0 saturated heterocycles. The molecule has 9 heteroatoms. The van der Waals surface area contributed by atoms with Crippen molar-refractivity contribution >= 4 is 28.3 Å². The molecule has 2 aromatic heterocycles. The third kappa shape index (κ3) is 6.37. The van der Waals surface area contributed by atoms with Crippen LogP contribution < -0.4 is 15.4 Å². The van der Waals surface area contributed by atoms with Crippen molar-refractivity contribution in [1.82, 2.24) is 10.3 Å². The molecule has 0 aliphatic heterocycles. The lowest BCUT2D eigenvalue weighted by atomic mass is 9.94. The lowest BCUT2D eigenvalue weighted by molar-refractivity contribution is -0.116. The summed E-state index contributed by atoms with van der Waals surface area (Å²) < 4.78 is 10.8. The lowest BCUT2D eigenvalue weighted by Crippen LogP contribution is -2.31. The van der Waals surface area contributed by atoms with Gasteiger partial charge in [0.1, 0.15) is 22.9 Å². The number of aromatic nitrogens is 1. The summed E-state index contributed by atoms with van der Waals surface area (Å²) in [7, 11) is 1.61. The molecule has 2 amide bonds. The van der Waals surface area contributed by atoms with Crippen LogP contribution in [-0.4, -0.2) is 30.2 Å². The average Bonchev–Trinajstić information content (AvgIpc) is 3.23. The Balaban J connectivity index is 1.32. The van der Waals surface area contributed by atoms with Crippen LogP contribution in [0.4, 0.5) is 9.80 Å². The van der Waals surface area contributed by atoms with Crippen molar-refractivity contribution in [2.75, 3.05) is 12.4 Å². The molecule has 2 N–H and O–H groups in total. The van der Waals surface area contributed by atoms with Crippen molar-refractivity contribution in [3.63, 3.8) is 0 Å². The van der Waals surface area contributed by atoms with Gasteiger partial charge in [0.2, 0.25) is 5.91 Å². The summed E-state index contributed by atoms with van der Waals surface area (Å²) in [5.74, 6) is 0.605. The smallest absolute Gasteiger partial charge is 0.407 e. The van der Waals surface area contributed by atoms with Crippen molar-refractivity contribution in [2.24, 2.45) is 0 Å². The number of methoxy groups -OCH3 is 1. The maximum absolute atomic E-state index is 12.6. The van der Waals surface area contributed by atoms with E-state index in [0.717, 1.165) is 27.3 Å². The molecule has 1 unspecified atom stereocenters. The van der Waals surface area contributed by atoms with Crippen LogP contribution in [0.5, 0.6) is 5.75 Å². The Labute approximate surface area is 207 Å². The quantitative estimate of drug-likeness (QED) is 0.485. The van der Waals surface area contributed by atoms with Crippen molar-refractivity contribution in [3.05, 3.63) is 75.9 Å². The van der Waals surface area contributed by atoms with Gasteiger partial charge in [-0.2, -0.15) is 5.26 Å². The first-order valence-corrected chi connectivity index (χ1v) is 12.2. The number of carbonyl (C=O) groups excluding carboxylic acids is 2. The maximum atomic E-state index is 12.6. The fourth-order valence-electron chi connectivity index (χ4n) is 4.01. The first-order chi connectivity index (χ1) is 17.1. The second-order valence-corrected chi connectivity index (χ2v) is 9.31. The van der Waals surface area contributed by atoms with Crippen LogP contribution in [0.25, 0.3) is 0 Å². The van der Waals surface area contributed by atoms with Gasteiger partial charge < -0.3 is 20.1 Å². The summed E-state index contributed by atoms with van der Waals surface area (Å²) in [4.78, 5) is 29.8. The summed E-state index contributed by atoms with van der Waals surface area (Å²) in [5.41, 5.74) is 3.35. The topological polar surface area (TPSA) is 113 Å². The molecule has 4 rings (SSSR count). The molecule has 0 saturated carbocycles. The molecular weight excluding hydrogens is 464 g/mol. The zero-order valence-corrected chi connectivity index (χ0v) is 20.2. The molecule has 35 heavy (non-hydrogen) atoms. The average molecular weight is 491 g/mol. The number of alkyl carbamates (subject to hydrolysis) is 1. The Morgan fingerprint density at radius 2 is 2.11 bits per heavy atom. The van der Waals surface area contributed by atoms with Crippen LogP contribution in [0, 0.1) is 11.3 Å². The SMILES string of the molecule is COc1cccc(CCC(=O)Nc2sc3c(c2C#N)CCC(OC(=O)NCc2cccnc2)C3)c1. The minimum atomic E-state index is -0.481. The van der Waals surface area contributed by atoms with Crippen LogP contribution in [0.1, 0.15) is 40.0 Å². The number of nitrogens with one attached hydrogen (secondary N) is 2. The number of ether oxygens (including phenoxy) is 2. The fraction of sp³-hybridized carbons (Fsp3) is 0.308. The normalized spacial score (nSPS) is 14.3. The number of anilines is 1. The molecule has 1 aliphatic carbocycles. The minimum Gasteiger partial charge on any atom is -0.497 e. The van der Waals surface area contributed by atoms with Crippen molar-refractivity contribution in [1.29, 1.82) is 5.26 Å². The Morgan fingerprint density at radius 1 is 1.26 bits per heavy atom. The second-order valence-electron chi connectivity index (χ2n) is 8.20. The molecule has 1 aromatic carbocycles. The van der Waals surface area contributed by atoms with Crippen molar-refractivity contribution in [2.45, 2.75) is 44.8 Å². The number of benzene rings is 1. The highest BCUT2D eigenvalue weighted by Crippen LogP contribution is 2.38. The summed E-state index contributed by atoms with van der Waals surface area (Å²) in [6.45, 7) is 0.341. The third-order valence-electron chi connectivity index (χ3n) is 5.79. The van der Waals surface area contributed by atoms with E-state index in [4.69, 9.17) is 9.47 Å². The van der Waals surface area contributed by atoms with E-state index in [1.807, 2.05) is 36.4 Å². The molecular formula is C26H26N4O4S. The number of rotatable bonds is 8. The van der Waals surface area contributed by atoms with E-state index in [0.29, 0.717) is 49.2 Å². The van der Waals surface area contributed by atoms with Gasteiger partial charge in [0.05, 0.1) is 12.7 Å². The molecule has 8 nitrogen and oxygen atoms in total. The van der Waals surface area contributed by atoms with Gasteiger partial charge in [-0.3, -0.25) is 9.78 Å². The van der Waals surface area contributed by atoms with Crippen molar-refractivity contribution in [3.8, 4) is 11.8 Å². The summed E-state index contributed by atoms with van der Waals surface area (Å²) in [5, 5.41) is 15.9. The lowest BCUT2D eigenvalue weighted by Gasteiger charge is -2.22. The molecule has 180 valence electrons. The van der Waals surface area contributed by atoms with E-state index in [1.54, 1.807) is 19.5 Å². The highest BCUT2D eigenvalue weighted by atomic mass is 32.1. The van der Waals surface area contributed by atoms with Crippen LogP contribution >= 0.6 is 11.3 Å². The first-order valence-electron chi connectivity index (χ1n) is 11.4. The second kappa shape index (κ2) is 11.5. The van der Waals surface area contributed by atoms with E-state index in [1.165, 1.54) is 11.3 Å². The van der Waals surface area contributed by atoms with Crippen LogP contribution in [-0.2, 0) is 35.3 Å². The highest BCUT2D eigenvalue weighted by Gasteiger charge is 2.28. The Kier molecular flexibility index (Phi) is 7.95. The number of nitrogens with zero attached hydrogens (tertiary/aromatic N) is 2. The van der Waals surface area contributed by atoms with E-state index in [2.05, 4.69) is 21.7 Å². The zero-order chi connectivity index (χ0) is 24.6. The highest BCUT2D eigenvalue weighted by molar-refractivity contribution is 7.16. The molecule has 1 atom stereocenters. The molecule has 1 aliphatic rings. The van der Waals surface area contributed by atoms with E-state index >= 15 is 0 Å². The number of pyridine rings is 1. The predicted molar refractivity (Wildman–Crippen MR) is 132 cm³/mol. The summed E-state index contributed by atoms with van der Waals surface area (Å²) in [6, 6.07) is 13.5. The number of nitriles is 1. The minimum absolute atomic E-state index is 0.148. The van der Waals surface area contributed by atoms with Gasteiger partial charge in [0.15, 0.2) is 0 Å². The van der Waals surface area contributed by atoms with Crippen LogP contribution in [0.15, 0.2) is 48.8 Å². The molecule has 0 spiro atoms. The van der Waals surface area contributed by atoms with E-state index in [-0.39, 0.29) is 12.0 Å². The van der Waals surface area contributed by atoms with Crippen LogP contribution in [0.2, 0.25) is 0 Å². The number of hydrogen-bond acceptors (Lipinski definition) is 7. The van der Waals surface area contributed by atoms with E-state index < -0.39 is 6.09 Å². The van der Waals surface area contributed by atoms with Gasteiger partial charge in [0, 0.05) is 36.7 Å². The number of fused-ring (bicyclic) bond motifs is 1. The van der Waals surface area contributed by atoms with Crippen LogP contribution in [0.3, 0.4) is 0 Å². The molecule has 0 fully saturated rings. The van der Waals surface area contributed by atoms with E-state index in [9.17, 15) is 14.9 Å². The fourth-order valence-corrected chi connectivity index (χ4v) is 5.29. The third-order valence-corrected chi connectivity index (χ3v) is 6.96. The van der Waals surface area contributed by atoms with Gasteiger partial charge in [-0.15, -0.1) is 11.3 Å². The molecule has 3 aromatic rings.